The van der Waals surface area contributed by atoms with Gasteiger partial charge in [-0.3, -0.25) is 0 Å². The van der Waals surface area contributed by atoms with E-state index in [2.05, 4.69) is 0 Å². The summed E-state index contributed by atoms with van der Waals surface area (Å²) in [5, 5.41) is 9.12. The van der Waals surface area contributed by atoms with Crippen molar-refractivity contribution in [2.24, 2.45) is 0 Å². The Balaban J connectivity index is 3.10. The Morgan fingerprint density at radius 1 is 1.31 bits per heavy atom. The molecule has 0 fully saturated rings. The first-order valence-corrected chi connectivity index (χ1v) is 6.83. The Kier molecular flexibility index (Phi) is 3.93. The minimum Gasteiger partial charge on any atom is -0.496 e. The minimum atomic E-state index is -3.28. The Hall–Kier alpha value is -1.07. The molecule has 0 amide bonds. The van der Waals surface area contributed by atoms with Crippen molar-refractivity contribution >= 4 is 9.84 Å². The van der Waals surface area contributed by atoms with Crippen molar-refractivity contribution in [1.29, 1.82) is 0 Å². The van der Waals surface area contributed by atoms with Gasteiger partial charge in [0.15, 0.2) is 9.84 Å². The molecule has 1 aromatic rings. The molecule has 16 heavy (non-hydrogen) atoms. The highest BCUT2D eigenvalue weighted by Crippen LogP contribution is 2.29. The molecular formula is C11H16O4S. The second kappa shape index (κ2) is 4.84. The molecule has 0 bridgehead atoms. The molecule has 2 atom stereocenters. The fourth-order valence-electron chi connectivity index (χ4n) is 1.40. The van der Waals surface area contributed by atoms with E-state index in [9.17, 15) is 13.5 Å². The fraction of sp³-hybridized carbons (Fsp3) is 0.455. The molecular weight excluding hydrogens is 228 g/mol. The van der Waals surface area contributed by atoms with Crippen LogP contribution in [0.4, 0.5) is 0 Å². The van der Waals surface area contributed by atoms with Gasteiger partial charge < -0.3 is 9.84 Å². The van der Waals surface area contributed by atoms with Crippen molar-refractivity contribution in [2.75, 3.05) is 13.4 Å². The van der Waals surface area contributed by atoms with E-state index in [4.69, 9.17) is 4.74 Å². The Morgan fingerprint density at radius 3 is 2.38 bits per heavy atom. The van der Waals surface area contributed by atoms with Crippen molar-refractivity contribution in [1.82, 2.24) is 0 Å². The number of methoxy groups -OCH3 is 1. The van der Waals surface area contributed by atoms with Crippen LogP contribution in [0.2, 0.25) is 0 Å². The van der Waals surface area contributed by atoms with Crippen molar-refractivity contribution in [3.05, 3.63) is 29.8 Å². The first kappa shape index (κ1) is 13.0. The molecule has 0 saturated heterocycles. The molecule has 0 aliphatic heterocycles. The number of hydrogen-bond donors (Lipinski definition) is 1. The molecule has 90 valence electrons. The summed E-state index contributed by atoms with van der Waals surface area (Å²) in [5.74, 6) is 0.491. The van der Waals surface area contributed by atoms with Crippen LogP contribution < -0.4 is 4.74 Å². The molecule has 0 spiro atoms. The first-order valence-electron chi connectivity index (χ1n) is 4.87. The summed E-state index contributed by atoms with van der Waals surface area (Å²) in [6, 6.07) is 6.84. The molecule has 2 unspecified atom stereocenters. The topological polar surface area (TPSA) is 63.6 Å². The van der Waals surface area contributed by atoms with E-state index in [1.54, 1.807) is 24.3 Å². The Labute approximate surface area is 95.8 Å². The lowest BCUT2D eigenvalue weighted by atomic mass is 10.1. The molecule has 1 N–H and O–H groups in total. The second-order valence-corrected chi connectivity index (χ2v) is 6.12. The molecule has 4 nitrogen and oxygen atoms in total. The van der Waals surface area contributed by atoms with Gasteiger partial charge in [-0.05, 0) is 13.0 Å². The van der Waals surface area contributed by atoms with Crippen LogP contribution in [0.1, 0.15) is 18.6 Å². The molecule has 1 aromatic carbocycles. The molecule has 5 heteroatoms. The number of hydrogen-bond acceptors (Lipinski definition) is 4. The third-order valence-electron chi connectivity index (χ3n) is 2.58. The number of benzene rings is 1. The zero-order valence-corrected chi connectivity index (χ0v) is 10.4. The average Bonchev–Trinajstić information content (AvgIpc) is 2.25. The maximum Gasteiger partial charge on any atom is 0.152 e. The standard InChI is InChI=1S/C11H16O4S/c1-8(16(3,13)14)11(12)9-6-4-5-7-10(9)15-2/h4-8,11-12H,1-3H3. The Morgan fingerprint density at radius 2 is 1.88 bits per heavy atom. The molecule has 1 rings (SSSR count). The van der Waals surface area contributed by atoms with Gasteiger partial charge in [0.05, 0.1) is 18.5 Å². The SMILES string of the molecule is COc1ccccc1C(O)C(C)S(C)(=O)=O. The number of aliphatic hydroxyl groups is 1. The van der Waals surface area contributed by atoms with Gasteiger partial charge >= 0.3 is 0 Å². The molecule has 0 radical (unpaired) electrons. The lowest BCUT2D eigenvalue weighted by Gasteiger charge is -2.19. The van der Waals surface area contributed by atoms with E-state index in [1.807, 2.05) is 0 Å². The van der Waals surface area contributed by atoms with Crippen molar-refractivity contribution in [3.8, 4) is 5.75 Å². The fourth-order valence-corrected chi connectivity index (χ4v) is 2.01. The number of ether oxygens (including phenoxy) is 1. The van der Waals surface area contributed by atoms with E-state index < -0.39 is 21.2 Å². The van der Waals surface area contributed by atoms with Crippen LogP contribution in [0.25, 0.3) is 0 Å². The summed E-state index contributed by atoms with van der Waals surface area (Å²) < 4.78 is 27.8. The average molecular weight is 244 g/mol. The second-order valence-electron chi connectivity index (χ2n) is 3.72. The summed E-state index contributed by atoms with van der Waals surface area (Å²) >= 11 is 0. The van der Waals surface area contributed by atoms with Gasteiger partial charge in [-0.2, -0.15) is 0 Å². The maximum absolute atomic E-state index is 11.3. The third-order valence-corrected chi connectivity index (χ3v) is 4.19. The lowest BCUT2D eigenvalue weighted by molar-refractivity contribution is 0.172. The predicted octanol–water partition coefficient (Wildman–Crippen LogP) is 1.16. The normalized spacial score (nSPS) is 15.5. The van der Waals surface area contributed by atoms with E-state index in [0.29, 0.717) is 11.3 Å². The number of rotatable bonds is 4. The molecule has 0 heterocycles. The zero-order chi connectivity index (χ0) is 12.3. The van der Waals surface area contributed by atoms with E-state index >= 15 is 0 Å². The van der Waals surface area contributed by atoms with Gasteiger partial charge in [0.2, 0.25) is 0 Å². The lowest BCUT2D eigenvalue weighted by Crippen LogP contribution is -2.24. The highest BCUT2D eigenvalue weighted by atomic mass is 32.2. The van der Waals surface area contributed by atoms with Gasteiger partial charge in [0.25, 0.3) is 0 Å². The van der Waals surface area contributed by atoms with E-state index in [-0.39, 0.29) is 0 Å². The van der Waals surface area contributed by atoms with Crippen LogP contribution >= 0.6 is 0 Å². The van der Waals surface area contributed by atoms with Crippen LogP contribution in [-0.4, -0.2) is 32.1 Å². The predicted molar refractivity (Wildman–Crippen MR) is 62.3 cm³/mol. The minimum absolute atomic E-state index is 0.489. The van der Waals surface area contributed by atoms with Gasteiger partial charge in [-0.15, -0.1) is 0 Å². The number of sulfone groups is 1. The van der Waals surface area contributed by atoms with Crippen LogP contribution in [0.15, 0.2) is 24.3 Å². The van der Waals surface area contributed by atoms with Gasteiger partial charge in [-0.1, -0.05) is 18.2 Å². The van der Waals surface area contributed by atoms with Crippen LogP contribution in [-0.2, 0) is 9.84 Å². The Bertz CT molecular complexity index is 453. The van der Waals surface area contributed by atoms with Crippen molar-refractivity contribution in [2.45, 2.75) is 18.3 Å². The first-order chi connectivity index (χ1) is 7.38. The zero-order valence-electron chi connectivity index (χ0n) is 9.54. The number of aliphatic hydroxyl groups excluding tert-OH is 1. The highest BCUT2D eigenvalue weighted by molar-refractivity contribution is 7.91. The molecule has 0 saturated carbocycles. The van der Waals surface area contributed by atoms with Gasteiger partial charge in [0, 0.05) is 11.8 Å². The molecule has 0 aliphatic rings. The highest BCUT2D eigenvalue weighted by Gasteiger charge is 2.27. The maximum atomic E-state index is 11.3. The quantitative estimate of drug-likeness (QED) is 0.863. The van der Waals surface area contributed by atoms with Gasteiger partial charge in [-0.25, -0.2) is 8.42 Å². The van der Waals surface area contributed by atoms with E-state index in [1.165, 1.54) is 14.0 Å². The summed E-state index contributed by atoms with van der Waals surface area (Å²) in [6.07, 6.45) is 0.0298. The summed E-state index contributed by atoms with van der Waals surface area (Å²) in [7, 11) is -1.80. The van der Waals surface area contributed by atoms with Crippen molar-refractivity contribution in [3.63, 3.8) is 0 Å². The van der Waals surface area contributed by atoms with Crippen molar-refractivity contribution < 1.29 is 18.3 Å². The van der Waals surface area contributed by atoms with Crippen LogP contribution in [0, 0.1) is 0 Å². The van der Waals surface area contributed by atoms with Crippen LogP contribution in [0.3, 0.4) is 0 Å². The molecule has 0 aliphatic carbocycles. The third kappa shape index (κ3) is 2.74. The summed E-state index contributed by atoms with van der Waals surface area (Å²) in [6.45, 7) is 1.48. The van der Waals surface area contributed by atoms with Gasteiger partial charge in [0.1, 0.15) is 5.75 Å². The summed E-state index contributed by atoms with van der Waals surface area (Å²) in [4.78, 5) is 0. The van der Waals surface area contributed by atoms with Crippen LogP contribution in [0.5, 0.6) is 5.75 Å². The summed E-state index contributed by atoms with van der Waals surface area (Å²) in [5.41, 5.74) is 0.489. The smallest absolute Gasteiger partial charge is 0.152 e. The largest absolute Gasteiger partial charge is 0.496 e. The molecule has 0 aromatic heterocycles. The monoisotopic (exact) mass is 244 g/mol. The van der Waals surface area contributed by atoms with E-state index in [0.717, 1.165) is 6.26 Å². The number of para-hydroxylation sites is 1.